The van der Waals surface area contributed by atoms with Crippen LogP contribution in [-0.4, -0.2) is 84.2 Å². The highest BCUT2D eigenvalue weighted by Gasteiger charge is 2.38. The number of benzene rings is 2. The molecular formula is C23H33B3N2OPS+3. The summed E-state index contributed by atoms with van der Waals surface area (Å²) >= 11 is 1.31. The van der Waals surface area contributed by atoms with Crippen LogP contribution in [0.1, 0.15) is 18.1 Å². The number of rotatable bonds is 10. The van der Waals surface area contributed by atoms with E-state index in [4.69, 9.17) is 23.5 Å². The molecule has 0 saturated heterocycles. The number of hydrogen-bond acceptors (Lipinski definition) is 2. The summed E-state index contributed by atoms with van der Waals surface area (Å²) < 4.78 is 0.884. The summed E-state index contributed by atoms with van der Waals surface area (Å²) in [7, 11) is 25.0. The van der Waals surface area contributed by atoms with E-state index in [1.54, 1.807) is 6.92 Å². The summed E-state index contributed by atoms with van der Waals surface area (Å²) in [4.78, 5) is 11.7. The van der Waals surface area contributed by atoms with E-state index in [2.05, 4.69) is 48.5 Å². The van der Waals surface area contributed by atoms with Crippen molar-refractivity contribution in [1.82, 2.24) is 0 Å². The molecule has 0 amide bonds. The zero-order valence-electron chi connectivity index (χ0n) is 19.5. The molecule has 0 heterocycles. The minimum absolute atomic E-state index is 0.0916. The molecule has 31 heavy (non-hydrogen) atoms. The second-order valence-electron chi connectivity index (χ2n) is 9.47. The Morgan fingerprint density at radius 3 is 1.45 bits per heavy atom. The Labute approximate surface area is 197 Å². The van der Waals surface area contributed by atoms with E-state index >= 15 is 0 Å². The number of quaternary nitrogens is 2. The molecule has 3 nitrogen and oxygen atoms in total. The van der Waals surface area contributed by atoms with E-state index < -0.39 is 7.14 Å². The largest absolute Gasteiger partial charge is 0.480 e. The molecular weight excluding hydrogens is 416 g/mol. The van der Waals surface area contributed by atoms with Gasteiger partial charge < -0.3 is 8.79 Å². The van der Waals surface area contributed by atoms with E-state index in [1.807, 2.05) is 28.2 Å². The van der Waals surface area contributed by atoms with Crippen LogP contribution in [0.15, 0.2) is 48.5 Å². The predicted octanol–water partition coefficient (Wildman–Crippen LogP) is 2.38. The Balaban J connectivity index is 2.26. The Hall–Kier alpha value is -0.995. The maximum atomic E-state index is 11.7. The quantitative estimate of drug-likeness (QED) is 0.410. The number of carbonyl (C=O) groups excluding carboxylic acids is 1. The van der Waals surface area contributed by atoms with Crippen molar-refractivity contribution >= 4 is 58.2 Å². The molecule has 0 aliphatic carbocycles. The third-order valence-corrected chi connectivity index (χ3v) is 10.2. The van der Waals surface area contributed by atoms with Gasteiger partial charge in [0.2, 0.25) is 0 Å². The van der Waals surface area contributed by atoms with Crippen LogP contribution < -0.4 is 10.6 Å². The summed E-state index contributed by atoms with van der Waals surface area (Å²) in [5.41, 5.74) is 3.08. The van der Waals surface area contributed by atoms with Gasteiger partial charge in [0.05, 0.1) is 23.7 Å². The highest BCUT2D eigenvalue weighted by atomic mass is 32.2. The fraction of sp³-hybridized carbons (Fsp3) is 0.435. The third-order valence-electron chi connectivity index (χ3n) is 5.22. The number of carbonyl (C=O) groups is 1. The van der Waals surface area contributed by atoms with Crippen LogP contribution in [0.5, 0.6) is 0 Å². The van der Waals surface area contributed by atoms with Crippen molar-refractivity contribution in [2.45, 2.75) is 19.8 Å². The van der Waals surface area contributed by atoms with E-state index in [9.17, 15) is 4.79 Å². The highest BCUT2D eigenvalue weighted by Crippen LogP contribution is 2.54. The second-order valence-corrected chi connectivity index (χ2v) is 14.1. The molecule has 158 valence electrons. The van der Waals surface area contributed by atoms with Gasteiger partial charge >= 0.3 is 23.5 Å². The molecule has 0 spiro atoms. The van der Waals surface area contributed by atoms with Crippen LogP contribution >= 0.6 is 18.9 Å². The van der Waals surface area contributed by atoms with Gasteiger partial charge in [-0.15, -0.1) is 0 Å². The molecule has 0 atom stereocenters. The van der Waals surface area contributed by atoms with Crippen LogP contribution in [0, 0.1) is 0 Å². The van der Waals surface area contributed by atoms with E-state index in [0.717, 1.165) is 36.5 Å². The van der Waals surface area contributed by atoms with Gasteiger partial charge in [0.25, 0.3) is 0 Å². The minimum atomic E-state index is -2.19. The fourth-order valence-corrected chi connectivity index (χ4v) is 7.58. The van der Waals surface area contributed by atoms with Gasteiger partial charge in [-0.25, -0.2) is 0 Å². The van der Waals surface area contributed by atoms with Gasteiger partial charge in [-0.05, 0) is 47.2 Å². The Morgan fingerprint density at radius 2 is 1.16 bits per heavy atom. The summed E-state index contributed by atoms with van der Waals surface area (Å²) in [5, 5.41) is 2.31. The van der Waals surface area contributed by atoms with Gasteiger partial charge in [-0.1, -0.05) is 24.3 Å². The molecule has 2 rings (SSSR count). The van der Waals surface area contributed by atoms with E-state index in [-0.39, 0.29) is 5.12 Å². The minimum Gasteiger partial charge on any atom is -0.401 e. The molecule has 0 bridgehead atoms. The van der Waals surface area contributed by atoms with Gasteiger partial charge in [0.1, 0.15) is 5.49 Å². The number of likely N-dealkylation sites (N-methyl/N-ethyl adjacent to an activating group) is 2. The van der Waals surface area contributed by atoms with Gasteiger partial charge in [-0.2, -0.15) is 0 Å². The van der Waals surface area contributed by atoms with Crippen LogP contribution in [0.2, 0.25) is 0 Å². The lowest BCUT2D eigenvalue weighted by atomic mass is 10.1. The van der Waals surface area contributed by atoms with E-state index in [0.29, 0.717) is 14.3 Å². The van der Waals surface area contributed by atoms with Crippen molar-refractivity contribution in [1.29, 1.82) is 0 Å². The Kier molecular flexibility index (Phi) is 9.10. The average molecular weight is 449 g/mol. The van der Waals surface area contributed by atoms with Crippen molar-refractivity contribution in [3.63, 3.8) is 0 Å². The first kappa shape index (κ1) is 26.3. The molecule has 0 fully saturated rings. The highest BCUT2D eigenvalue weighted by molar-refractivity contribution is 8.25. The third kappa shape index (κ3) is 8.81. The number of hydrogen-bond donors (Lipinski definition) is 0. The van der Waals surface area contributed by atoms with Crippen LogP contribution in [0.4, 0.5) is 0 Å². The van der Waals surface area contributed by atoms with Crippen LogP contribution in [0.3, 0.4) is 0 Å². The van der Waals surface area contributed by atoms with Gasteiger partial charge in [0.15, 0.2) is 5.12 Å². The first-order chi connectivity index (χ1) is 14.3. The molecule has 0 N–H and O–H groups in total. The Morgan fingerprint density at radius 1 is 0.806 bits per heavy atom. The zero-order chi connectivity index (χ0) is 23.3. The standard InChI is InChI=1S/C23H33B3N2OPS/c1-19(29)31-18-30(26,22-10-6-20(7-11-22)14-16-27(2,3)24)23-12-8-21(9-13-23)15-17-28(4,5)25/h6-13H,14-18H2,1-5H3/q+3. The SMILES string of the molecule is [B][N+](C)(C)CCc1ccc([P+]([B])(CSC(C)=O)c2ccc(CC[N+]([B])(C)C)cc2)cc1. The fourth-order valence-electron chi connectivity index (χ4n) is 3.18. The zero-order valence-corrected chi connectivity index (χ0v) is 21.3. The molecule has 0 unspecified atom stereocenters. The van der Waals surface area contributed by atoms with Gasteiger partial charge in [0, 0.05) is 55.1 Å². The second kappa shape index (κ2) is 10.7. The lowest BCUT2D eigenvalue weighted by Crippen LogP contribution is -2.38. The smallest absolute Gasteiger partial charge is 0.401 e. The molecule has 8 heteroatoms. The monoisotopic (exact) mass is 449 g/mol. The Bertz CT molecular complexity index is 801. The van der Waals surface area contributed by atoms with Gasteiger partial charge in [-0.3, -0.25) is 4.79 Å². The van der Waals surface area contributed by atoms with E-state index in [1.165, 1.54) is 22.9 Å². The molecule has 2 aromatic rings. The topological polar surface area (TPSA) is 17.1 Å². The molecule has 0 saturated carbocycles. The van der Waals surface area contributed by atoms with Crippen molar-refractivity contribution in [3.05, 3.63) is 59.7 Å². The summed E-state index contributed by atoms with van der Waals surface area (Å²) in [6.07, 6.45) is 1.82. The lowest BCUT2D eigenvalue weighted by Gasteiger charge is -2.26. The van der Waals surface area contributed by atoms with Crippen LogP contribution in [-0.2, 0) is 17.6 Å². The van der Waals surface area contributed by atoms with Crippen molar-refractivity contribution in [2.75, 3.05) is 46.8 Å². The normalized spacial score (nSPS) is 12.7. The molecule has 2 aromatic carbocycles. The van der Waals surface area contributed by atoms with Crippen molar-refractivity contribution in [3.8, 4) is 0 Å². The molecule has 0 aliphatic heterocycles. The predicted molar refractivity (Wildman–Crippen MR) is 141 cm³/mol. The summed E-state index contributed by atoms with van der Waals surface area (Å²) in [6, 6.07) is 17.1. The van der Waals surface area contributed by atoms with Crippen molar-refractivity contribution < 1.29 is 13.6 Å². The maximum absolute atomic E-state index is 11.7. The molecule has 6 radical (unpaired) electrons. The number of nitrogens with zero attached hydrogens (tertiary/aromatic N) is 2. The molecule has 0 aromatic heterocycles. The molecule has 0 aliphatic rings. The first-order valence-corrected chi connectivity index (χ1v) is 13.5. The summed E-state index contributed by atoms with van der Waals surface area (Å²) in [5.74, 6) is 0. The average Bonchev–Trinajstić information content (AvgIpc) is 2.68. The first-order valence-electron chi connectivity index (χ1n) is 10.5. The lowest BCUT2D eigenvalue weighted by molar-refractivity contribution is -0.772. The number of thioether (sulfide) groups is 1. The van der Waals surface area contributed by atoms with Crippen molar-refractivity contribution in [2.24, 2.45) is 0 Å². The summed E-state index contributed by atoms with van der Waals surface area (Å²) in [6.45, 7) is 3.32. The maximum Gasteiger partial charge on any atom is 0.480 e. The van der Waals surface area contributed by atoms with Crippen LogP contribution in [0.25, 0.3) is 0 Å².